The number of amides is 2. The minimum Gasteiger partial charge on any atom is -0.386 e. The summed E-state index contributed by atoms with van der Waals surface area (Å²) < 4.78 is 0. The van der Waals surface area contributed by atoms with Gasteiger partial charge in [0.15, 0.2) is 0 Å². The lowest BCUT2D eigenvalue weighted by atomic mass is 10.1. The van der Waals surface area contributed by atoms with Gasteiger partial charge in [-0.2, -0.15) is 0 Å². The summed E-state index contributed by atoms with van der Waals surface area (Å²) in [5.74, 6) is -0.861. The van der Waals surface area contributed by atoms with Crippen LogP contribution < -0.4 is 5.73 Å². The lowest BCUT2D eigenvalue weighted by Crippen LogP contribution is -2.47. The Bertz CT molecular complexity index is 490. The highest BCUT2D eigenvalue weighted by molar-refractivity contribution is 6.22. The van der Waals surface area contributed by atoms with E-state index < -0.39 is 6.04 Å². The van der Waals surface area contributed by atoms with Crippen molar-refractivity contribution >= 4 is 17.6 Å². The van der Waals surface area contributed by atoms with Crippen LogP contribution in [0.2, 0.25) is 0 Å². The number of carbonyl (C=O) groups is 2. The Labute approximate surface area is 105 Å². The average Bonchev–Trinajstić information content (AvgIpc) is 2.60. The van der Waals surface area contributed by atoms with Crippen molar-refractivity contribution in [2.24, 2.45) is 5.73 Å². The van der Waals surface area contributed by atoms with Crippen molar-refractivity contribution in [1.82, 2.24) is 4.90 Å². The van der Waals surface area contributed by atoms with Crippen molar-refractivity contribution in [3.63, 3.8) is 0 Å². The monoisotopic (exact) mass is 245 g/mol. The van der Waals surface area contributed by atoms with Crippen molar-refractivity contribution < 1.29 is 9.59 Å². The molecule has 1 unspecified atom stereocenters. The van der Waals surface area contributed by atoms with Crippen LogP contribution in [0.15, 0.2) is 24.3 Å². The van der Waals surface area contributed by atoms with E-state index in [0.29, 0.717) is 17.5 Å². The molecule has 2 amide bonds. The largest absolute Gasteiger partial charge is 0.386 e. The number of rotatable bonds is 4. The maximum absolute atomic E-state index is 12.2. The summed E-state index contributed by atoms with van der Waals surface area (Å²) >= 11 is 0. The van der Waals surface area contributed by atoms with E-state index in [4.69, 9.17) is 11.1 Å². The van der Waals surface area contributed by atoms with Crippen molar-refractivity contribution in [2.45, 2.75) is 25.8 Å². The van der Waals surface area contributed by atoms with Gasteiger partial charge in [0.25, 0.3) is 11.8 Å². The fraction of sp³-hybridized carbons (Fsp3) is 0.308. The third-order valence-electron chi connectivity index (χ3n) is 3.06. The standard InChI is InChI=1S/C13H15N3O2/c1-2-5-10(11(14)15)16-12(17)8-6-3-4-7-9(8)13(16)18/h3-4,6-7,10H,2,5H2,1H3,(H3,14,15). The summed E-state index contributed by atoms with van der Waals surface area (Å²) in [5.41, 5.74) is 6.29. The van der Waals surface area contributed by atoms with E-state index in [1.807, 2.05) is 6.92 Å². The van der Waals surface area contributed by atoms with Crippen LogP contribution in [0.1, 0.15) is 40.5 Å². The van der Waals surface area contributed by atoms with Gasteiger partial charge in [0.05, 0.1) is 17.2 Å². The summed E-state index contributed by atoms with van der Waals surface area (Å²) in [4.78, 5) is 25.5. The zero-order valence-electron chi connectivity index (χ0n) is 10.1. The zero-order valence-corrected chi connectivity index (χ0v) is 10.1. The summed E-state index contributed by atoms with van der Waals surface area (Å²) in [7, 11) is 0. The lowest BCUT2D eigenvalue weighted by molar-refractivity contribution is 0.0619. The van der Waals surface area contributed by atoms with E-state index in [-0.39, 0.29) is 17.6 Å². The number of amidine groups is 1. The molecular formula is C13H15N3O2. The molecule has 3 N–H and O–H groups in total. The van der Waals surface area contributed by atoms with Crippen molar-refractivity contribution in [3.05, 3.63) is 35.4 Å². The van der Waals surface area contributed by atoms with Crippen LogP contribution in [0.3, 0.4) is 0 Å². The first-order chi connectivity index (χ1) is 8.57. The number of benzene rings is 1. The van der Waals surface area contributed by atoms with Crippen molar-refractivity contribution in [3.8, 4) is 0 Å². The summed E-state index contributed by atoms with van der Waals surface area (Å²) in [6.45, 7) is 1.92. The van der Waals surface area contributed by atoms with Crippen molar-refractivity contribution in [2.75, 3.05) is 0 Å². The quantitative estimate of drug-likeness (QED) is 0.477. The Morgan fingerprint density at radius 3 is 2.17 bits per heavy atom. The minimum atomic E-state index is -0.637. The van der Waals surface area contributed by atoms with Crippen LogP contribution in [0, 0.1) is 5.41 Å². The molecule has 1 aromatic carbocycles. The second-order valence-electron chi connectivity index (χ2n) is 4.29. The molecule has 0 saturated heterocycles. The summed E-state index contributed by atoms with van der Waals surface area (Å²) in [6, 6.07) is 6.05. The van der Waals surface area contributed by atoms with Gasteiger partial charge >= 0.3 is 0 Å². The fourth-order valence-electron chi connectivity index (χ4n) is 2.19. The molecular weight excluding hydrogens is 230 g/mol. The topological polar surface area (TPSA) is 87.2 Å². The number of nitrogens with two attached hydrogens (primary N) is 1. The van der Waals surface area contributed by atoms with Gasteiger partial charge in [0, 0.05) is 0 Å². The van der Waals surface area contributed by atoms with E-state index in [1.54, 1.807) is 24.3 Å². The molecule has 5 nitrogen and oxygen atoms in total. The van der Waals surface area contributed by atoms with E-state index >= 15 is 0 Å². The van der Waals surface area contributed by atoms with Gasteiger partial charge in [-0.1, -0.05) is 25.5 Å². The van der Waals surface area contributed by atoms with Crippen LogP contribution in [-0.2, 0) is 0 Å². The smallest absolute Gasteiger partial charge is 0.262 e. The fourth-order valence-corrected chi connectivity index (χ4v) is 2.19. The van der Waals surface area contributed by atoms with E-state index in [9.17, 15) is 9.59 Å². The summed E-state index contributed by atoms with van der Waals surface area (Å²) in [5, 5.41) is 7.54. The molecule has 0 bridgehead atoms. The number of carbonyl (C=O) groups excluding carboxylic acids is 2. The van der Waals surface area contributed by atoms with Gasteiger partial charge in [-0.05, 0) is 18.6 Å². The van der Waals surface area contributed by atoms with Crippen molar-refractivity contribution in [1.29, 1.82) is 5.41 Å². The maximum Gasteiger partial charge on any atom is 0.262 e. The average molecular weight is 245 g/mol. The second kappa shape index (κ2) is 4.60. The van der Waals surface area contributed by atoms with Crippen LogP contribution in [0.5, 0.6) is 0 Å². The SMILES string of the molecule is CCCC(C(=N)N)N1C(=O)c2ccccc2C1=O. The number of imide groups is 1. The number of hydrogen-bond acceptors (Lipinski definition) is 3. The first-order valence-electron chi connectivity index (χ1n) is 5.88. The molecule has 0 aliphatic carbocycles. The molecule has 94 valence electrons. The lowest BCUT2D eigenvalue weighted by Gasteiger charge is -2.24. The second-order valence-corrected chi connectivity index (χ2v) is 4.29. The Morgan fingerprint density at radius 2 is 1.78 bits per heavy atom. The highest BCUT2D eigenvalue weighted by Crippen LogP contribution is 2.25. The van der Waals surface area contributed by atoms with Gasteiger partial charge < -0.3 is 5.73 Å². The molecule has 0 saturated carbocycles. The third-order valence-corrected chi connectivity index (χ3v) is 3.06. The molecule has 0 radical (unpaired) electrons. The van der Waals surface area contributed by atoms with Gasteiger partial charge in [0.1, 0.15) is 5.84 Å². The minimum absolute atomic E-state index is 0.147. The number of nitrogens with zero attached hydrogens (tertiary/aromatic N) is 1. The first kappa shape index (κ1) is 12.3. The molecule has 1 aromatic rings. The molecule has 0 fully saturated rings. The zero-order chi connectivity index (χ0) is 13.3. The highest BCUT2D eigenvalue weighted by Gasteiger charge is 2.40. The Balaban J connectivity index is 2.41. The van der Waals surface area contributed by atoms with Crippen LogP contribution >= 0.6 is 0 Å². The molecule has 1 aliphatic heterocycles. The molecule has 1 heterocycles. The number of hydrogen-bond donors (Lipinski definition) is 2. The van der Waals surface area contributed by atoms with E-state index in [1.165, 1.54) is 0 Å². The van der Waals surface area contributed by atoms with Gasteiger partial charge in [0.2, 0.25) is 0 Å². The van der Waals surface area contributed by atoms with E-state index in [2.05, 4.69) is 0 Å². The highest BCUT2D eigenvalue weighted by atomic mass is 16.2. The third kappa shape index (κ3) is 1.77. The molecule has 1 atom stereocenters. The molecule has 0 spiro atoms. The predicted molar refractivity (Wildman–Crippen MR) is 67.6 cm³/mol. The molecule has 2 rings (SSSR count). The van der Waals surface area contributed by atoms with Crippen LogP contribution in [0.25, 0.3) is 0 Å². The Morgan fingerprint density at radius 1 is 1.28 bits per heavy atom. The first-order valence-corrected chi connectivity index (χ1v) is 5.88. The van der Waals surface area contributed by atoms with Crippen LogP contribution in [-0.4, -0.2) is 28.6 Å². The molecule has 5 heteroatoms. The molecule has 18 heavy (non-hydrogen) atoms. The van der Waals surface area contributed by atoms with Crippen LogP contribution in [0.4, 0.5) is 0 Å². The molecule has 0 aromatic heterocycles. The molecule has 1 aliphatic rings. The summed E-state index contributed by atoms with van der Waals surface area (Å²) in [6.07, 6.45) is 1.26. The Hall–Kier alpha value is -2.17. The van der Waals surface area contributed by atoms with Gasteiger partial charge in [-0.25, -0.2) is 0 Å². The van der Waals surface area contributed by atoms with Gasteiger partial charge in [-0.3, -0.25) is 19.9 Å². The predicted octanol–water partition coefficient (Wildman–Crippen LogP) is 1.39. The maximum atomic E-state index is 12.2. The van der Waals surface area contributed by atoms with E-state index in [0.717, 1.165) is 11.3 Å². The van der Waals surface area contributed by atoms with Gasteiger partial charge in [-0.15, -0.1) is 0 Å². The Kier molecular flexibility index (Phi) is 3.14. The number of fused-ring (bicyclic) bond motifs is 1. The normalized spacial score (nSPS) is 15.7. The number of nitrogens with one attached hydrogen (secondary N) is 1.